The van der Waals surface area contributed by atoms with Gasteiger partial charge in [0, 0.05) is 32.3 Å². The summed E-state index contributed by atoms with van der Waals surface area (Å²) in [6, 6.07) is 6.74. The number of nitrogens with zero attached hydrogens (tertiary/aromatic N) is 2. The Kier molecular flexibility index (Phi) is 5.60. The number of benzene rings is 1. The van der Waals surface area contributed by atoms with Gasteiger partial charge >= 0.3 is 0 Å². The Morgan fingerprint density at radius 1 is 1.19 bits per heavy atom. The number of hydrogen-bond donors (Lipinski definition) is 0. The molecule has 1 heterocycles. The largest absolute Gasteiger partial charge is 0.339 e. The fourth-order valence-electron chi connectivity index (χ4n) is 4.16. The van der Waals surface area contributed by atoms with Crippen LogP contribution in [-0.4, -0.2) is 55.9 Å². The van der Waals surface area contributed by atoms with Crippen molar-refractivity contribution in [2.24, 2.45) is 5.92 Å². The van der Waals surface area contributed by atoms with E-state index in [9.17, 15) is 18.0 Å². The summed E-state index contributed by atoms with van der Waals surface area (Å²) in [4.78, 5) is 29.2. The molecule has 0 bridgehead atoms. The first-order valence-corrected chi connectivity index (χ1v) is 11.4. The molecular weight excluding hydrogens is 364 g/mol. The van der Waals surface area contributed by atoms with Crippen molar-refractivity contribution in [2.75, 3.05) is 19.8 Å². The SMILES string of the molecule is CC(c1ccc(S(C)(=O)=O)cc1)N(C)C(=O)C1CC(=O)N(C2CCCC2)C1. The molecular formula is C20H28N2O4S. The summed E-state index contributed by atoms with van der Waals surface area (Å²) in [5, 5.41) is 0. The van der Waals surface area contributed by atoms with Gasteiger partial charge in [-0.05, 0) is 37.5 Å². The minimum absolute atomic E-state index is 0.0245. The fourth-order valence-corrected chi connectivity index (χ4v) is 4.79. The van der Waals surface area contributed by atoms with Crippen molar-refractivity contribution in [1.82, 2.24) is 9.80 Å². The topological polar surface area (TPSA) is 74.8 Å². The average molecular weight is 393 g/mol. The summed E-state index contributed by atoms with van der Waals surface area (Å²) in [6.07, 6.45) is 5.88. The monoisotopic (exact) mass is 392 g/mol. The molecule has 2 fully saturated rings. The van der Waals surface area contributed by atoms with Crippen LogP contribution in [0.5, 0.6) is 0 Å². The third-order valence-corrected chi connectivity index (χ3v) is 7.12. The van der Waals surface area contributed by atoms with Crippen molar-refractivity contribution in [3.63, 3.8) is 0 Å². The normalized spacial score (nSPS) is 22.3. The lowest BCUT2D eigenvalue weighted by molar-refractivity contribution is -0.136. The second-order valence-corrected chi connectivity index (χ2v) is 9.87. The van der Waals surface area contributed by atoms with Gasteiger partial charge in [0.25, 0.3) is 0 Å². The minimum Gasteiger partial charge on any atom is -0.339 e. The number of rotatable bonds is 5. The maximum atomic E-state index is 12.9. The van der Waals surface area contributed by atoms with Crippen LogP contribution < -0.4 is 0 Å². The van der Waals surface area contributed by atoms with Crippen LogP contribution >= 0.6 is 0 Å². The van der Waals surface area contributed by atoms with Crippen LogP contribution in [0, 0.1) is 5.92 Å². The van der Waals surface area contributed by atoms with Crippen molar-refractivity contribution < 1.29 is 18.0 Å². The molecule has 1 aliphatic heterocycles. The zero-order chi connectivity index (χ0) is 19.8. The smallest absolute Gasteiger partial charge is 0.228 e. The molecule has 0 spiro atoms. The van der Waals surface area contributed by atoms with Gasteiger partial charge in [-0.3, -0.25) is 9.59 Å². The molecule has 1 saturated carbocycles. The first-order chi connectivity index (χ1) is 12.7. The number of amides is 2. The highest BCUT2D eigenvalue weighted by atomic mass is 32.2. The Labute approximate surface area is 161 Å². The van der Waals surface area contributed by atoms with Gasteiger partial charge in [0.05, 0.1) is 16.9 Å². The molecule has 1 aromatic rings. The van der Waals surface area contributed by atoms with Gasteiger partial charge in [-0.15, -0.1) is 0 Å². The third kappa shape index (κ3) is 4.18. The first kappa shape index (κ1) is 19.9. The summed E-state index contributed by atoms with van der Waals surface area (Å²) in [5.74, 6) is -0.219. The van der Waals surface area contributed by atoms with Crippen LogP contribution in [0.4, 0.5) is 0 Å². The number of hydrogen-bond acceptors (Lipinski definition) is 4. The molecule has 2 aliphatic rings. The van der Waals surface area contributed by atoms with Gasteiger partial charge in [-0.2, -0.15) is 0 Å². The summed E-state index contributed by atoms with van der Waals surface area (Å²) >= 11 is 0. The molecule has 2 amide bonds. The van der Waals surface area contributed by atoms with E-state index in [1.807, 2.05) is 11.8 Å². The van der Waals surface area contributed by atoms with Crippen molar-refractivity contribution in [1.29, 1.82) is 0 Å². The molecule has 0 radical (unpaired) electrons. The molecule has 0 aromatic heterocycles. The van der Waals surface area contributed by atoms with Crippen molar-refractivity contribution in [3.05, 3.63) is 29.8 Å². The van der Waals surface area contributed by atoms with Crippen LogP contribution in [-0.2, 0) is 19.4 Å². The van der Waals surface area contributed by atoms with Gasteiger partial charge in [-0.1, -0.05) is 25.0 Å². The lowest BCUT2D eigenvalue weighted by Crippen LogP contribution is -2.38. The number of carbonyl (C=O) groups excluding carboxylic acids is 2. The number of sulfone groups is 1. The Morgan fingerprint density at radius 2 is 1.78 bits per heavy atom. The Morgan fingerprint density at radius 3 is 2.33 bits per heavy atom. The van der Waals surface area contributed by atoms with Crippen molar-refractivity contribution in [2.45, 2.75) is 56.0 Å². The van der Waals surface area contributed by atoms with Gasteiger partial charge < -0.3 is 9.80 Å². The molecule has 7 heteroatoms. The average Bonchev–Trinajstić information content (AvgIpc) is 3.28. The molecule has 2 unspecified atom stereocenters. The van der Waals surface area contributed by atoms with E-state index in [-0.39, 0.29) is 28.7 Å². The van der Waals surface area contributed by atoms with Crippen LogP contribution in [0.2, 0.25) is 0 Å². The summed E-state index contributed by atoms with van der Waals surface area (Å²) in [5.41, 5.74) is 0.871. The van der Waals surface area contributed by atoms with Crippen LogP contribution in [0.1, 0.15) is 50.6 Å². The zero-order valence-electron chi connectivity index (χ0n) is 16.2. The van der Waals surface area contributed by atoms with E-state index in [0.717, 1.165) is 31.2 Å². The number of likely N-dealkylation sites (tertiary alicyclic amines) is 1. The molecule has 6 nitrogen and oxygen atoms in total. The summed E-state index contributed by atoms with van der Waals surface area (Å²) < 4.78 is 23.2. The Bertz CT molecular complexity index is 813. The van der Waals surface area contributed by atoms with E-state index in [0.29, 0.717) is 19.0 Å². The fraction of sp³-hybridized carbons (Fsp3) is 0.600. The van der Waals surface area contributed by atoms with E-state index in [1.165, 1.54) is 6.26 Å². The lowest BCUT2D eigenvalue weighted by atomic mass is 10.0. The third-order valence-electron chi connectivity index (χ3n) is 5.99. The number of carbonyl (C=O) groups is 2. The van der Waals surface area contributed by atoms with Gasteiger partial charge in [0.15, 0.2) is 9.84 Å². The predicted molar refractivity (Wildman–Crippen MR) is 103 cm³/mol. The van der Waals surface area contributed by atoms with Gasteiger partial charge in [-0.25, -0.2) is 8.42 Å². The van der Waals surface area contributed by atoms with Crippen LogP contribution in [0.15, 0.2) is 29.2 Å². The zero-order valence-corrected chi connectivity index (χ0v) is 17.0. The second-order valence-electron chi connectivity index (χ2n) is 7.85. The van der Waals surface area contributed by atoms with E-state index in [2.05, 4.69) is 0 Å². The van der Waals surface area contributed by atoms with E-state index in [4.69, 9.17) is 0 Å². The second kappa shape index (κ2) is 7.62. The quantitative estimate of drug-likeness (QED) is 0.771. The molecule has 3 rings (SSSR count). The predicted octanol–water partition coefficient (Wildman–Crippen LogP) is 2.40. The van der Waals surface area contributed by atoms with Crippen LogP contribution in [0.25, 0.3) is 0 Å². The molecule has 1 saturated heterocycles. The maximum Gasteiger partial charge on any atom is 0.228 e. The summed E-state index contributed by atoms with van der Waals surface area (Å²) in [6.45, 7) is 2.44. The van der Waals surface area contributed by atoms with Crippen molar-refractivity contribution in [3.8, 4) is 0 Å². The molecule has 27 heavy (non-hydrogen) atoms. The molecule has 0 N–H and O–H groups in total. The molecule has 1 aromatic carbocycles. The highest BCUT2D eigenvalue weighted by molar-refractivity contribution is 7.90. The van der Waals surface area contributed by atoms with Crippen LogP contribution in [0.3, 0.4) is 0 Å². The van der Waals surface area contributed by atoms with E-state index in [1.54, 1.807) is 36.2 Å². The highest BCUT2D eigenvalue weighted by Crippen LogP contribution is 2.31. The molecule has 148 valence electrons. The molecule has 1 aliphatic carbocycles. The van der Waals surface area contributed by atoms with Crippen molar-refractivity contribution >= 4 is 21.7 Å². The highest BCUT2D eigenvalue weighted by Gasteiger charge is 2.40. The Balaban J connectivity index is 1.67. The van der Waals surface area contributed by atoms with E-state index >= 15 is 0 Å². The summed E-state index contributed by atoms with van der Waals surface area (Å²) in [7, 11) is -1.49. The lowest BCUT2D eigenvalue weighted by Gasteiger charge is -2.29. The standard InChI is InChI=1S/C20H28N2O4S/c1-14(15-8-10-18(11-9-15)27(3,25)26)21(2)20(24)16-12-19(23)22(13-16)17-6-4-5-7-17/h8-11,14,16-17H,4-7,12-13H2,1-3H3. The van der Waals surface area contributed by atoms with E-state index < -0.39 is 9.84 Å². The molecule has 2 atom stereocenters. The van der Waals surface area contributed by atoms with Gasteiger partial charge in [0.1, 0.15) is 0 Å². The minimum atomic E-state index is -3.24. The van der Waals surface area contributed by atoms with Gasteiger partial charge in [0.2, 0.25) is 11.8 Å². The maximum absolute atomic E-state index is 12.9. The first-order valence-electron chi connectivity index (χ1n) is 9.54. The Hall–Kier alpha value is -1.89.